The largest absolute Gasteiger partial charge is 0.320 e. The molecule has 0 unspecified atom stereocenters. The average molecular weight is 242 g/mol. The van der Waals surface area contributed by atoms with Crippen LogP contribution in [0.1, 0.15) is 25.1 Å². The molecule has 0 fully saturated rings. The van der Waals surface area contributed by atoms with Crippen molar-refractivity contribution in [3.8, 4) is 5.69 Å². The molecule has 2 aromatic rings. The fourth-order valence-corrected chi connectivity index (χ4v) is 2.25. The maximum Gasteiger partial charge on any atom is 0.0455 e. The lowest BCUT2D eigenvalue weighted by Crippen LogP contribution is -2.23. The lowest BCUT2D eigenvalue weighted by atomic mass is 10.2. The topological polar surface area (TPSA) is 8.17 Å². The molecule has 1 aromatic carbocycles. The van der Waals surface area contributed by atoms with Crippen LogP contribution in [0, 0.1) is 6.92 Å². The summed E-state index contributed by atoms with van der Waals surface area (Å²) >= 11 is 0. The van der Waals surface area contributed by atoms with Crippen LogP contribution in [0.4, 0.5) is 0 Å². The van der Waals surface area contributed by atoms with Gasteiger partial charge in [0.1, 0.15) is 0 Å². The van der Waals surface area contributed by atoms with Gasteiger partial charge in [-0.25, -0.2) is 0 Å². The number of aryl methyl sites for hydroxylation is 1. The fourth-order valence-electron chi connectivity index (χ4n) is 2.25. The highest BCUT2D eigenvalue weighted by Crippen LogP contribution is 2.15. The molecule has 1 aromatic heterocycles. The molecule has 0 bridgehead atoms. The van der Waals surface area contributed by atoms with Crippen LogP contribution < -0.4 is 0 Å². The first-order valence-corrected chi connectivity index (χ1v) is 6.70. The molecule has 0 aliphatic heterocycles. The Balaban J connectivity index is 2.27. The van der Waals surface area contributed by atoms with Crippen molar-refractivity contribution < 1.29 is 0 Å². The molecule has 96 valence electrons. The maximum atomic E-state index is 2.43. The van der Waals surface area contributed by atoms with Gasteiger partial charge in [0.15, 0.2) is 0 Å². The van der Waals surface area contributed by atoms with Crippen LogP contribution in [0.25, 0.3) is 5.69 Å². The van der Waals surface area contributed by atoms with E-state index in [1.165, 1.54) is 16.9 Å². The Morgan fingerprint density at radius 3 is 2.50 bits per heavy atom. The van der Waals surface area contributed by atoms with E-state index in [0.29, 0.717) is 0 Å². The van der Waals surface area contributed by atoms with Crippen molar-refractivity contribution in [1.82, 2.24) is 9.47 Å². The summed E-state index contributed by atoms with van der Waals surface area (Å²) in [5, 5.41) is 0. The second kappa shape index (κ2) is 5.87. The fraction of sp³-hybridized carbons (Fsp3) is 0.375. The van der Waals surface area contributed by atoms with Crippen LogP contribution in [-0.2, 0) is 6.54 Å². The van der Waals surface area contributed by atoms with Crippen LogP contribution >= 0.6 is 0 Å². The molecule has 0 saturated heterocycles. The van der Waals surface area contributed by atoms with E-state index in [4.69, 9.17) is 0 Å². The van der Waals surface area contributed by atoms with Gasteiger partial charge >= 0.3 is 0 Å². The highest BCUT2D eigenvalue weighted by Gasteiger charge is 2.07. The minimum atomic E-state index is 1.01. The van der Waals surface area contributed by atoms with Gasteiger partial charge in [-0.2, -0.15) is 0 Å². The van der Waals surface area contributed by atoms with Gasteiger partial charge in [-0.05, 0) is 49.8 Å². The standard InChI is InChI=1S/C16H22N2/c1-4-17(5-2)13-16-10-7-11-18(16)15-9-6-8-14(3)12-15/h6-12H,4-5,13H2,1-3H3. The van der Waals surface area contributed by atoms with Gasteiger partial charge < -0.3 is 4.57 Å². The summed E-state index contributed by atoms with van der Waals surface area (Å²) in [6.07, 6.45) is 2.15. The molecule has 0 spiro atoms. The normalized spacial score (nSPS) is 11.1. The zero-order valence-electron chi connectivity index (χ0n) is 11.6. The molecule has 2 nitrogen and oxygen atoms in total. The minimum Gasteiger partial charge on any atom is -0.320 e. The first kappa shape index (κ1) is 12.9. The maximum absolute atomic E-state index is 2.43. The highest BCUT2D eigenvalue weighted by atomic mass is 15.1. The molecule has 0 aliphatic rings. The third kappa shape index (κ3) is 2.82. The van der Waals surface area contributed by atoms with Crippen molar-refractivity contribution in [3.05, 3.63) is 53.9 Å². The summed E-state index contributed by atoms with van der Waals surface area (Å²) in [5.41, 5.74) is 3.90. The third-order valence-corrected chi connectivity index (χ3v) is 3.39. The van der Waals surface area contributed by atoms with Crippen molar-refractivity contribution in [3.63, 3.8) is 0 Å². The van der Waals surface area contributed by atoms with Gasteiger partial charge in [-0.15, -0.1) is 0 Å². The van der Waals surface area contributed by atoms with Gasteiger partial charge in [0.2, 0.25) is 0 Å². The Morgan fingerprint density at radius 2 is 1.83 bits per heavy atom. The SMILES string of the molecule is CCN(CC)Cc1cccn1-c1cccc(C)c1. The van der Waals surface area contributed by atoms with Crippen LogP contribution in [0.3, 0.4) is 0 Å². The first-order valence-electron chi connectivity index (χ1n) is 6.70. The van der Waals surface area contributed by atoms with Crippen molar-refractivity contribution in [1.29, 1.82) is 0 Å². The minimum absolute atomic E-state index is 1.01. The van der Waals surface area contributed by atoms with Crippen molar-refractivity contribution >= 4 is 0 Å². The number of rotatable bonds is 5. The van der Waals surface area contributed by atoms with Gasteiger partial charge in [0, 0.05) is 24.1 Å². The van der Waals surface area contributed by atoms with Crippen LogP contribution in [0.5, 0.6) is 0 Å². The smallest absolute Gasteiger partial charge is 0.0455 e. The van der Waals surface area contributed by atoms with E-state index in [9.17, 15) is 0 Å². The molecule has 0 saturated carbocycles. The number of hydrogen-bond donors (Lipinski definition) is 0. The van der Waals surface area contributed by atoms with Crippen LogP contribution in [0.2, 0.25) is 0 Å². The molecule has 18 heavy (non-hydrogen) atoms. The van der Waals surface area contributed by atoms with Gasteiger partial charge in [0.05, 0.1) is 0 Å². The van der Waals surface area contributed by atoms with E-state index in [-0.39, 0.29) is 0 Å². The van der Waals surface area contributed by atoms with Crippen LogP contribution in [0.15, 0.2) is 42.6 Å². The second-order valence-corrected chi connectivity index (χ2v) is 4.67. The Labute approximate surface area is 110 Å². The molecule has 0 radical (unpaired) electrons. The van der Waals surface area contributed by atoms with Crippen molar-refractivity contribution in [2.45, 2.75) is 27.3 Å². The Morgan fingerprint density at radius 1 is 1.06 bits per heavy atom. The average Bonchev–Trinajstić information content (AvgIpc) is 2.84. The number of nitrogens with zero attached hydrogens (tertiary/aromatic N) is 2. The van der Waals surface area contributed by atoms with E-state index in [2.05, 4.69) is 72.8 Å². The predicted octanol–water partition coefficient (Wildman–Crippen LogP) is 3.63. The number of hydrogen-bond acceptors (Lipinski definition) is 1. The zero-order chi connectivity index (χ0) is 13.0. The Bertz CT molecular complexity index is 495. The zero-order valence-corrected chi connectivity index (χ0v) is 11.6. The summed E-state index contributed by atoms with van der Waals surface area (Å²) in [5.74, 6) is 0. The van der Waals surface area contributed by atoms with E-state index < -0.39 is 0 Å². The molecule has 2 heteroatoms. The lowest BCUT2D eigenvalue weighted by molar-refractivity contribution is 0.290. The molecule has 0 N–H and O–H groups in total. The summed E-state index contributed by atoms with van der Waals surface area (Å²) in [6, 6.07) is 13.0. The molecule has 1 heterocycles. The first-order chi connectivity index (χ1) is 8.74. The summed E-state index contributed by atoms with van der Waals surface area (Å²) in [7, 11) is 0. The van der Waals surface area contributed by atoms with E-state index in [0.717, 1.165) is 19.6 Å². The summed E-state index contributed by atoms with van der Waals surface area (Å²) < 4.78 is 2.28. The van der Waals surface area contributed by atoms with E-state index in [1.54, 1.807) is 0 Å². The third-order valence-electron chi connectivity index (χ3n) is 3.39. The van der Waals surface area contributed by atoms with Crippen LogP contribution in [-0.4, -0.2) is 22.6 Å². The monoisotopic (exact) mass is 242 g/mol. The highest BCUT2D eigenvalue weighted by molar-refractivity contribution is 5.38. The summed E-state index contributed by atoms with van der Waals surface area (Å²) in [6.45, 7) is 9.75. The predicted molar refractivity (Wildman–Crippen MR) is 77.1 cm³/mol. The molecule has 2 rings (SSSR count). The summed E-state index contributed by atoms with van der Waals surface area (Å²) in [4.78, 5) is 2.43. The van der Waals surface area contributed by atoms with E-state index in [1.807, 2.05) is 0 Å². The molecular weight excluding hydrogens is 220 g/mol. The van der Waals surface area contributed by atoms with Gasteiger partial charge in [-0.1, -0.05) is 26.0 Å². The molecule has 0 amide bonds. The molecule has 0 atom stereocenters. The van der Waals surface area contributed by atoms with E-state index >= 15 is 0 Å². The van der Waals surface area contributed by atoms with Gasteiger partial charge in [0.25, 0.3) is 0 Å². The quantitative estimate of drug-likeness (QED) is 0.777. The van der Waals surface area contributed by atoms with Crippen molar-refractivity contribution in [2.24, 2.45) is 0 Å². The molecule has 0 aliphatic carbocycles. The van der Waals surface area contributed by atoms with Crippen molar-refractivity contribution in [2.75, 3.05) is 13.1 Å². The molecular formula is C16H22N2. The lowest BCUT2D eigenvalue weighted by Gasteiger charge is -2.19. The number of benzene rings is 1. The second-order valence-electron chi connectivity index (χ2n) is 4.67. The van der Waals surface area contributed by atoms with Gasteiger partial charge in [-0.3, -0.25) is 4.90 Å². The Kier molecular flexibility index (Phi) is 4.21. The Hall–Kier alpha value is -1.54. The number of aromatic nitrogens is 1.